The van der Waals surface area contributed by atoms with Gasteiger partial charge in [0.05, 0.1) is 11.1 Å². The molecule has 9 aromatic carbocycles. The van der Waals surface area contributed by atoms with Crippen LogP contribution < -0.4 is 4.90 Å². The quantitative estimate of drug-likeness (QED) is 0.155. The Labute approximate surface area is 383 Å². The second-order valence-electron chi connectivity index (χ2n) is 19.3. The molecule has 0 heterocycles. The Kier molecular flexibility index (Phi) is 8.79. The molecule has 0 saturated heterocycles. The van der Waals surface area contributed by atoms with E-state index in [2.05, 4.69) is 225 Å². The van der Waals surface area contributed by atoms with E-state index in [1.165, 1.54) is 126 Å². The van der Waals surface area contributed by atoms with Crippen LogP contribution in [0.4, 0.5) is 17.1 Å². The van der Waals surface area contributed by atoms with E-state index in [1.54, 1.807) is 0 Å². The van der Waals surface area contributed by atoms with Crippen LogP contribution in [0, 0.1) is 25.7 Å². The summed E-state index contributed by atoms with van der Waals surface area (Å²) in [4.78, 5) is 2.56. The Morgan fingerprint density at radius 1 is 0.385 bits per heavy atom. The van der Waals surface area contributed by atoms with E-state index in [4.69, 9.17) is 0 Å². The fraction of sp³-hybridized carbons (Fsp3) is 0.156. The molecule has 0 radical (unpaired) electrons. The second-order valence-corrected chi connectivity index (χ2v) is 19.3. The fourth-order valence-corrected chi connectivity index (χ4v) is 12.9. The summed E-state index contributed by atoms with van der Waals surface area (Å²) in [5, 5.41) is 0. The van der Waals surface area contributed by atoms with Crippen LogP contribution in [0.3, 0.4) is 0 Å². The molecule has 2 bridgehead atoms. The van der Waals surface area contributed by atoms with Crippen LogP contribution >= 0.6 is 0 Å². The lowest BCUT2D eigenvalue weighted by molar-refractivity contribution is 0.420. The zero-order valence-electron chi connectivity index (χ0n) is 37.1. The number of rotatable bonds is 7. The summed E-state index contributed by atoms with van der Waals surface area (Å²) in [7, 11) is 0. The number of hydrogen-bond acceptors (Lipinski definition) is 1. The maximum atomic E-state index is 2.56. The average molecular weight is 834 g/mol. The van der Waals surface area contributed by atoms with Crippen LogP contribution in [-0.2, 0) is 5.41 Å². The van der Waals surface area contributed by atoms with E-state index in [0.29, 0.717) is 5.92 Å². The zero-order valence-corrected chi connectivity index (χ0v) is 37.1. The van der Waals surface area contributed by atoms with Gasteiger partial charge in [-0.3, -0.25) is 0 Å². The van der Waals surface area contributed by atoms with Gasteiger partial charge in [0.25, 0.3) is 0 Å². The summed E-state index contributed by atoms with van der Waals surface area (Å²) in [5.41, 5.74) is 25.2. The molecule has 0 amide bonds. The van der Waals surface area contributed by atoms with Crippen LogP contribution in [0.2, 0.25) is 0 Å². The molecule has 2 saturated carbocycles. The lowest BCUT2D eigenvalue weighted by Gasteiger charge is -2.33. The molecular weight excluding hydrogens is 783 g/mol. The molecule has 1 heteroatoms. The first-order chi connectivity index (χ1) is 32.0. The van der Waals surface area contributed by atoms with Gasteiger partial charge in [-0.15, -0.1) is 0 Å². The van der Waals surface area contributed by atoms with Gasteiger partial charge < -0.3 is 4.90 Å². The fourth-order valence-electron chi connectivity index (χ4n) is 12.9. The maximum Gasteiger partial charge on any atom is 0.0726 e. The molecule has 9 aromatic rings. The Bertz CT molecular complexity index is 3270. The molecule has 2 fully saturated rings. The van der Waals surface area contributed by atoms with Crippen molar-refractivity contribution in [3.63, 3.8) is 0 Å². The normalized spacial score (nSPS) is 18.0. The van der Waals surface area contributed by atoms with Crippen molar-refractivity contribution in [3.05, 3.63) is 245 Å². The highest BCUT2D eigenvalue weighted by Crippen LogP contribution is 2.64. The topological polar surface area (TPSA) is 3.24 Å². The Morgan fingerprint density at radius 2 is 0.892 bits per heavy atom. The first kappa shape index (κ1) is 38.3. The van der Waals surface area contributed by atoms with Crippen molar-refractivity contribution in [1.82, 2.24) is 0 Å². The monoisotopic (exact) mass is 833 g/mol. The van der Waals surface area contributed by atoms with Crippen molar-refractivity contribution < 1.29 is 0 Å². The van der Waals surface area contributed by atoms with Crippen LogP contribution in [-0.4, -0.2) is 0 Å². The first-order valence-electron chi connectivity index (χ1n) is 23.7. The molecule has 312 valence electrons. The van der Waals surface area contributed by atoms with Crippen molar-refractivity contribution in [2.45, 2.75) is 50.9 Å². The molecule has 4 aliphatic rings. The molecule has 0 aliphatic heterocycles. The number of benzene rings is 9. The minimum absolute atomic E-state index is 0.449. The Balaban J connectivity index is 1.04. The SMILES string of the molecule is Cc1ccc2c(c1)C1(c3ccccc3-c3ccc(N(c4ccc(C5CC6CCC5C6)cc4)c4ccccc4-c4ccccc4-c4ccccc4-c4ccccc4)cc31)c1cc(C)ccc1-2. The van der Waals surface area contributed by atoms with E-state index < -0.39 is 5.41 Å². The third-order valence-corrected chi connectivity index (χ3v) is 15.7. The Morgan fingerprint density at radius 3 is 1.54 bits per heavy atom. The van der Waals surface area contributed by atoms with Crippen molar-refractivity contribution in [2.75, 3.05) is 4.90 Å². The molecular formula is C64H51N. The minimum Gasteiger partial charge on any atom is -0.310 e. The predicted octanol–water partition coefficient (Wildman–Crippen LogP) is 17.0. The van der Waals surface area contributed by atoms with E-state index in [9.17, 15) is 0 Å². The largest absolute Gasteiger partial charge is 0.310 e. The van der Waals surface area contributed by atoms with Crippen molar-refractivity contribution in [1.29, 1.82) is 0 Å². The van der Waals surface area contributed by atoms with Crippen molar-refractivity contribution in [3.8, 4) is 55.6 Å². The lowest BCUT2D eigenvalue weighted by Crippen LogP contribution is -2.26. The van der Waals surface area contributed by atoms with Gasteiger partial charge in [-0.05, 0) is 159 Å². The number of aryl methyl sites for hydroxylation is 2. The third kappa shape index (κ3) is 5.84. The second kappa shape index (κ2) is 14.9. The van der Waals surface area contributed by atoms with Gasteiger partial charge in [0.15, 0.2) is 0 Å². The van der Waals surface area contributed by atoms with Crippen molar-refractivity contribution >= 4 is 17.1 Å². The van der Waals surface area contributed by atoms with Crippen molar-refractivity contribution in [2.24, 2.45) is 11.8 Å². The zero-order chi connectivity index (χ0) is 43.2. The first-order valence-corrected chi connectivity index (χ1v) is 23.7. The van der Waals surface area contributed by atoms with E-state index in [0.717, 1.165) is 23.2 Å². The van der Waals surface area contributed by atoms with Crippen LogP contribution in [0.5, 0.6) is 0 Å². The maximum absolute atomic E-state index is 2.56. The van der Waals surface area contributed by atoms with Gasteiger partial charge in [0, 0.05) is 16.9 Å². The summed E-state index contributed by atoms with van der Waals surface area (Å²) in [6, 6.07) is 78.3. The highest BCUT2D eigenvalue weighted by Gasteiger charge is 2.52. The highest BCUT2D eigenvalue weighted by molar-refractivity contribution is 5.99. The smallest absolute Gasteiger partial charge is 0.0726 e. The minimum atomic E-state index is -0.449. The van der Waals surface area contributed by atoms with Crippen LogP contribution in [0.15, 0.2) is 206 Å². The van der Waals surface area contributed by atoms with Gasteiger partial charge in [0.1, 0.15) is 0 Å². The van der Waals surface area contributed by atoms with Gasteiger partial charge in [-0.2, -0.15) is 0 Å². The standard InChI is InChI=1S/C64H51N/c1-41-24-33-54-55-34-25-42(2)37-61(55)64(60(54)36-41)59-22-12-10-20-53(59)56-35-32-48(40-62(56)64)65(47-30-28-45(29-31-47)58-39-43-26-27-46(58)38-43)63-23-13-11-21-57(63)52-19-9-8-18-51(52)50-17-7-6-16-49(50)44-14-4-3-5-15-44/h3-25,28-37,40,43,46,58H,26-27,38-39H2,1-2H3. The number of anilines is 3. The molecule has 4 aliphatic carbocycles. The Hall–Kier alpha value is -7.22. The highest BCUT2D eigenvalue weighted by atomic mass is 15.1. The lowest BCUT2D eigenvalue weighted by atomic mass is 9.70. The molecule has 1 spiro atoms. The molecule has 0 N–H and O–H groups in total. The van der Waals surface area contributed by atoms with Crippen LogP contribution in [0.25, 0.3) is 55.6 Å². The summed E-state index contributed by atoms with van der Waals surface area (Å²) in [6.45, 7) is 4.49. The summed E-state index contributed by atoms with van der Waals surface area (Å²) in [5.74, 6) is 2.41. The number of nitrogens with zero attached hydrogens (tertiary/aromatic N) is 1. The van der Waals surface area contributed by atoms with Crippen LogP contribution in [0.1, 0.15) is 70.5 Å². The third-order valence-electron chi connectivity index (χ3n) is 15.7. The number of fused-ring (bicyclic) bond motifs is 12. The summed E-state index contributed by atoms with van der Waals surface area (Å²) >= 11 is 0. The summed E-state index contributed by atoms with van der Waals surface area (Å²) in [6.07, 6.45) is 5.54. The number of hydrogen-bond donors (Lipinski definition) is 0. The molecule has 13 rings (SSSR count). The summed E-state index contributed by atoms with van der Waals surface area (Å²) < 4.78 is 0. The van der Waals surface area contributed by atoms with E-state index >= 15 is 0 Å². The average Bonchev–Trinajstić information content (AvgIpc) is 4.13. The van der Waals surface area contributed by atoms with E-state index in [-0.39, 0.29) is 0 Å². The van der Waals surface area contributed by atoms with E-state index in [1.807, 2.05) is 0 Å². The molecule has 65 heavy (non-hydrogen) atoms. The molecule has 3 atom stereocenters. The van der Waals surface area contributed by atoms with Gasteiger partial charge in [-0.1, -0.05) is 193 Å². The van der Waals surface area contributed by atoms with Gasteiger partial charge >= 0.3 is 0 Å². The molecule has 1 nitrogen and oxygen atoms in total. The van der Waals surface area contributed by atoms with Gasteiger partial charge in [-0.25, -0.2) is 0 Å². The predicted molar refractivity (Wildman–Crippen MR) is 271 cm³/mol. The number of para-hydroxylation sites is 1. The molecule has 3 unspecified atom stereocenters. The van der Waals surface area contributed by atoms with Gasteiger partial charge in [0.2, 0.25) is 0 Å². The molecule has 0 aromatic heterocycles.